The van der Waals surface area contributed by atoms with Gasteiger partial charge in [-0.05, 0) is 126 Å². The summed E-state index contributed by atoms with van der Waals surface area (Å²) in [4.78, 5) is 59.6. The van der Waals surface area contributed by atoms with E-state index in [0.29, 0.717) is 69.2 Å². The number of piperidine rings is 3. The first-order valence-corrected chi connectivity index (χ1v) is 24.1. The molecule has 15 nitrogen and oxygen atoms in total. The highest BCUT2D eigenvalue weighted by molar-refractivity contribution is 6.09. The zero-order valence-electron chi connectivity index (χ0n) is 38.6. The lowest BCUT2D eigenvalue weighted by atomic mass is 9.88. The van der Waals surface area contributed by atoms with E-state index in [-0.39, 0.29) is 41.4 Å². The molecule has 3 aromatic rings. The molecule has 3 saturated heterocycles. The monoisotopic (exact) mass is 912 g/mol. The van der Waals surface area contributed by atoms with Crippen LogP contribution in [0.2, 0.25) is 0 Å². The predicted molar refractivity (Wildman–Crippen MR) is 253 cm³/mol. The number of para-hydroxylation sites is 2. The van der Waals surface area contributed by atoms with Crippen LogP contribution in [0.5, 0.6) is 0 Å². The molecule has 6 heterocycles. The van der Waals surface area contributed by atoms with Crippen LogP contribution in [0.1, 0.15) is 106 Å². The number of imide groups is 1. The number of nitrogens with one attached hydrogen (secondary N) is 5. The molecular weight excluding hydrogens is 845 g/mol. The van der Waals surface area contributed by atoms with Gasteiger partial charge in [0.1, 0.15) is 11.9 Å². The second-order valence-corrected chi connectivity index (χ2v) is 19.0. The van der Waals surface area contributed by atoms with E-state index in [2.05, 4.69) is 25.8 Å². The number of fused-ring (bicyclic) bond motifs is 2. The Balaban J connectivity index is 0.819. The predicted octanol–water partition coefficient (Wildman–Crippen LogP) is 5.15. The van der Waals surface area contributed by atoms with E-state index in [4.69, 9.17) is 5.41 Å². The van der Waals surface area contributed by atoms with E-state index < -0.39 is 24.3 Å². The molecule has 3 amide bonds. The topological polar surface area (TPSA) is 175 Å². The van der Waals surface area contributed by atoms with Crippen molar-refractivity contribution in [2.24, 2.45) is 5.92 Å². The van der Waals surface area contributed by atoms with Gasteiger partial charge in [-0.1, -0.05) is 18.2 Å². The standard InChI is InChI=1S/C49H67F2N11O4/c1-32(63)59-25-17-40(39(31-59)47(53)60-20-7-8-34-26-37(35(28-52)29-54-2)38(46(50)51)27-44(34)60)55-36-15-23-58(24-16-36)19-6-5-18-57-21-13-33(14-22-57)30-61-41-9-3-4-10-42(41)62(49(61)66)43-11-12-45(64)56-48(43)65/h3-4,9-10,26-28,33,35-36,43,46,52-55H,5-8,11-25,29-31H2,1-2H3,(H,56,64,65). The Kier molecular flexibility index (Phi) is 15.1. The molecule has 1 aromatic heterocycles. The van der Waals surface area contributed by atoms with Crippen molar-refractivity contribution in [3.63, 3.8) is 0 Å². The summed E-state index contributed by atoms with van der Waals surface area (Å²) >= 11 is 0. The minimum atomic E-state index is -2.72. The molecule has 5 aliphatic rings. The fourth-order valence-corrected chi connectivity index (χ4v) is 11.0. The number of amidine groups is 1. The number of unbranched alkanes of at least 4 members (excludes halogenated alkanes) is 1. The average Bonchev–Trinajstić information content (AvgIpc) is 3.59. The maximum atomic E-state index is 14.6. The molecule has 8 rings (SSSR count). The number of likely N-dealkylation sites (tertiary alicyclic amines) is 2. The van der Waals surface area contributed by atoms with Crippen LogP contribution in [0.3, 0.4) is 0 Å². The fraction of sp³-hybridized carbons (Fsp3) is 0.592. The third-order valence-electron chi connectivity index (χ3n) is 14.7. The van der Waals surface area contributed by atoms with Crippen LogP contribution in [0, 0.1) is 16.7 Å². The summed E-state index contributed by atoms with van der Waals surface area (Å²) in [6.45, 7) is 9.96. The van der Waals surface area contributed by atoms with Gasteiger partial charge in [0.25, 0.3) is 6.43 Å². The average molecular weight is 912 g/mol. The van der Waals surface area contributed by atoms with E-state index >= 15 is 0 Å². The molecule has 0 radical (unpaired) electrons. The zero-order chi connectivity index (χ0) is 46.5. The van der Waals surface area contributed by atoms with E-state index in [9.17, 15) is 33.4 Å². The van der Waals surface area contributed by atoms with Crippen molar-refractivity contribution in [2.75, 3.05) is 77.4 Å². The number of anilines is 1. The van der Waals surface area contributed by atoms with E-state index in [1.165, 1.54) is 12.3 Å². The first-order chi connectivity index (χ1) is 31.9. The number of nitrogens with zero attached hydrogens (tertiary/aromatic N) is 6. The summed E-state index contributed by atoms with van der Waals surface area (Å²) in [6.07, 6.45) is 7.30. The molecule has 3 fully saturated rings. The quantitative estimate of drug-likeness (QED) is 0.0564. The Bertz CT molecular complexity index is 2380. The Hall–Kier alpha value is -5.26. The Labute approximate surface area is 385 Å². The first-order valence-electron chi connectivity index (χ1n) is 24.1. The van der Waals surface area contributed by atoms with Gasteiger partial charge in [0.2, 0.25) is 17.7 Å². The third kappa shape index (κ3) is 10.3. The second-order valence-electron chi connectivity index (χ2n) is 19.0. The molecule has 5 N–H and O–H groups in total. The number of carbonyl (C=O) groups excluding carboxylic acids is 3. The van der Waals surface area contributed by atoms with Crippen molar-refractivity contribution in [3.05, 3.63) is 74.8 Å². The van der Waals surface area contributed by atoms with E-state index in [0.717, 1.165) is 112 Å². The molecule has 0 saturated carbocycles. The van der Waals surface area contributed by atoms with Crippen LogP contribution in [0.25, 0.3) is 11.0 Å². The molecule has 2 aromatic carbocycles. The van der Waals surface area contributed by atoms with E-state index in [1.807, 2.05) is 39.8 Å². The number of hydrogen-bond donors (Lipinski definition) is 5. The lowest BCUT2D eigenvalue weighted by molar-refractivity contribution is -0.135. The summed E-state index contributed by atoms with van der Waals surface area (Å²) in [7, 11) is 1.75. The van der Waals surface area contributed by atoms with Crippen molar-refractivity contribution < 1.29 is 23.2 Å². The molecule has 356 valence electrons. The van der Waals surface area contributed by atoms with Crippen LogP contribution >= 0.6 is 0 Å². The SMILES string of the molecule is CNCC(C=N)c1cc2c(cc1C(F)F)N(C(=N)C1=C(NC3CCN(CCCCN4CCC(Cn5c(=O)n(C6CCC(=O)NC6=O)c6ccccc65)CC4)CC3)CCN(C(C)=O)C1)CCC2. The smallest absolute Gasteiger partial charge is 0.329 e. The number of carbonyl (C=O) groups is 3. The summed E-state index contributed by atoms with van der Waals surface area (Å²) in [6, 6.07) is 10.5. The fourth-order valence-electron chi connectivity index (χ4n) is 11.0. The van der Waals surface area contributed by atoms with Crippen molar-refractivity contribution in [1.82, 2.24) is 39.8 Å². The summed E-state index contributed by atoms with van der Waals surface area (Å²) in [5, 5.41) is 26.7. The van der Waals surface area contributed by atoms with Crippen LogP contribution < -0.4 is 26.5 Å². The highest BCUT2D eigenvalue weighted by Gasteiger charge is 2.34. The summed E-state index contributed by atoms with van der Waals surface area (Å²) < 4.78 is 32.6. The molecule has 0 aliphatic carbocycles. The van der Waals surface area contributed by atoms with Crippen molar-refractivity contribution in [1.29, 1.82) is 10.8 Å². The van der Waals surface area contributed by atoms with Crippen LogP contribution in [-0.2, 0) is 27.3 Å². The number of alkyl halides is 2. The first kappa shape index (κ1) is 47.2. The highest BCUT2D eigenvalue weighted by atomic mass is 19.3. The van der Waals surface area contributed by atoms with Gasteiger partial charge in [0.05, 0.1) is 17.6 Å². The Morgan fingerprint density at radius 1 is 0.894 bits per heavy atom. The van der Waals surface area contributed by atoms with Gasteiger partial charge < -0.3 is 35.6 Å². The largest absolute Gasteiger partial charge is 0.385 e. The minimum Gasteiger partial charge on any atom is -0.385 e. The summed E-state index contributed by atoms with van der Waals surface area (Å²) in [5.74, 6) is -0.622. The van der Waals surface area contributed by atoms with Crippen molar-refractivity contribution in [2.45, 2.75) is 109 Å². The van der Waals surface area contributed by atoms with Gasteiger partial charge in [-0.3, -0.25) is 34.2 Å². The molecule has 0 bridgehead atoms. The maximum absolute atomic E-state index is 14.6. The normalized spacial score (nSPS) is 21.1. The molecule has 17 heteroatoms. The molecule has 0 spiro atoms. The number of aryl methyl sites for hydroxylation is 1. The van der Waals surface area contributed by atoms with Crippen LogP contribution in [0.15, 0.2) is 52.5 Å². The number of aromatic nitrogens is 2. The second kappa shape index (κ2) is 21.1. The van der Waals surface area contributed by atoms with Crippen LogP contribution in [-0.4, -0.2) is 132 Å². The Morgan fingerprint density at radius 2 is 1.59 bits per heavy atom. The number of imidazole rings is 1. The van der Waals surface area contributed by atoms with Gasteiger partial charge >= 0.3 is 5.69 Å². The zero-order valence-corrected chi connectivity index (χ0v) is 38.6. The van der Waals surface area contributed by atoms with Gasteiger partial charge in [-0.2, -0.15) is 0 Å². The lowest BCUT2D eigenvalue weighted by Gasteiger charge is -2.39. The number of rotatable bonds is 16. The van der Waals surface area contributed by atoms with E-state index in [1.54, 1.807) is 23.4 Å². The molecule has 66 heavy (non-hydrogen) atoms. The van der Waals surface area contributed by atoms with Gasteiger partial charge in [0, 0.05) is 99.7 Å². The van der Waals surface area contributed by atoms with Gasteiger partial charge in [-0.25, -0.2) is 13.6 Å². The maximum Gasteiger partial charge on any atom is 0.329 e. The lowest BCUT2D eigenvalue weighted by Crippen LogP contribution is -2.48. The van der Waals surface area contributed by atoms with Crippen molar-refractivity contribution >= 4 is 46.5 Å². The number of likely N-dealkylation sites (N-methyl/N-ethyl adjacent to an activating group) is 1. The molecule has 2 atom stereocenters. The minimum absolute atomic E-state index is 0.0497. The molecule has 2 unspecified atom stereocenters. The molecule has 5 aliphatic heterocycles. The third-order valence-corrected chi connectivity index (χ3v) is 14.7. The van der Waals surface area contributed by atoms with Crippen molar-refractivity contribution in [3.8, 4) is 0 Å². The Morgan fingerprint density at radius 3 is 2.24 bits per heavy atom. The number of halogens is 2. The summed E-state index contributed by atoms with van der Waals surface area (Å²) in [5.41, 5.74) is 4.97. The highest BCUT2D eigenvalue weighted by Crippen LogP contribution is 2.38. The van der Waals surface area contributed by atoms with Gasteiger partial charge in [0.15, 0.2) is 0 Å². The van der Waals surface area contributed by atoms with Gasteiger partial charge in [-0.15, -0.1) is 0 Å². The number of benzene rings is 2. The number of hydrogen-bond acceptors (Lipinski definition) is 10. The molecular formula is C49H67F2N11O4. The number of amides is 3. The van der Waals surface area contributed by atoms with Crippen LogP contribution in [0.4, 0.5) is 14.5 Å².